The van der Waals surface area contributed by atoms with Gasteiger partial charge in [0.05, 0.1) is 18.1 Å². The number of rotatable bonds is 6. The topological polar surface area (TPSA) is 66.5 Å². The zero-order valence-electron chi connectivity index (χ0n) is 12.9. The van der Waals surface area contributed by atoms with E-state index in [1.807, 2.05) is 6.92 Å². The van der Waals surface area contributed by atoms with E-state index < -0.39 is 15.7 Å². The lowest BCUT2D eigenvalue weighted by atomic mass is 10.2. The molecule has 1 unspecified atom stereocenters. The molecule has 1 aromatic carbocycles. The van der Waals surface area contributed by atoms with Crippen molar-refractivity contribution in [2.24, 2.45) is 0 Å². The van der Waals surface area contributed by atoms with Gasteiger partial charge in [0.25, 0.3) is 0 Å². The van der Waals surface area contributed by atoms with E-state index in [2.05, 4.69) is 5.32 Å². The number of sulfone groups is 1. The molecule has 0 aliphatic carbocycles. The molecule has 5 nitrogen and oxygen atoms in total. The van der Waals surface area contributed by atoms with Crippen molar-refractivity contribution in [2.75, 3.05) is 24.6 Å². The first-order chi connectivity index (χ1) is 10.8. The number of benzene rings is 1. The Morgan fingerprint density at radius 1 is 1.48 bits per heavy atom. The van der Waals surface area contributed by atoms with Gasteiger partial charge in [-0.25, -0.2) is 12.8 Å². The molecule has 0 saturated carbocycles. The SMILES string of the molecule is CCN(CC(=O)NC1CCS(=O)(=O)C1)Cc1c(F)cccc1Cl. The summed E-state index contributed by atoms with van der Waals surface area (Å²) in [5.74, 6) is -0.566. The molecular formula is C15H20ClFN2O3S. The van der Waals surface area contributed by atoms with Crippen molar-refractivity contribution < 1.29 is 17.6 Å². The molecule has 0 bridgehead atoms. The van der Waals surface area contributed by atoms with Crippen LogP contribution in [0, 0.1) is 5.82 Å². The van der Waals surface area contributed by atoms with E-state index in [1.54, 1.807) is 11.0 Å². The van der Waals surface area contributed by atoms with Crippen molar-refractivity contribution in [1.82, 2.24) is 10.2 Å². The fraction of sp³-hybridized carbons (Fsp3) is 0.533. The van der Waals surface area contributed by atoms with Crippen LogP contribution in [0.25, 0.3) is 0 Å². The maximum atomic E-state index is 13.8. The Hall–Kier alpha value is -1.18. The summed E-state index contributed by atoms with van der Waals surface area (Å²) in [4.78, 5) is 13.8. The van der Waals surface area contributed by atoms with Crippen LogP contribution >= 0.6 is 11.6 Å². The van der Waals surface area contributed by atoms with Gasteiger partial charge in [0.1, 0.15) is 5.82 Å². The highest BCUT2D eigenvalue weighted by atomic mass is 35.5. The third kappa shape index (κ3) is 5.16. The van der Waals surface area contributed by atoms with Gasteiger partial charge in [0.2, 0.25) is 5.91 Å². The Morgan fingerprint density at radius 3 is 2.78 bits per heavy atom. The molecule has 1 atom stereocenters. The fourth-order valence-electron chi connectivity index (χ4n) is 2.57. The Bertz CT molecular complexity index is 661. The largest absolute Gasteiger partial charge is 0.351 e. The van der Waals surface area contributed by atoms with Gasteiger partial charge in [0, 0.05) is 23.2 Å². The van der Waals surface area contributed by atoms with Crippen LogP contribution in [-0.4, -0.2) is 49.9 Å². The monoisotopic (exact) mass is 362 g/mol. The third-order valence-corrected chi connectivity index (χ3v) is 5.98. The van der Waals surface area contributed by atoms with Gasteiger partial charge in [-0.05, 0) is 25.1 Å². The van der Waals surface area contributed by atoms with E-state index in [0.29, 0.717) is 23.6 Å². The number of carbonyl (C=O) groups excluding carboxylic acids is 1. The van der Waals surface area contributed by atoms with Crippen LogP contribution in [0.15, 0.2) is 18.2 Å². The van der Waals surface area contributed by atoms with Crippen molar-refractivity contribution in [1.29, 1.82) is 0 Å². The average molecular weight is 363 g/mol. The van der Waals surface area contributed by atoms with Gasteiger partial charge in [-0.3, -0.25) is 9.69 Å². The van der Waals surface area contributed by atoms with Gasteiger partial charge in [0.15, 0.2) is 9.84 Å². The minimum absolute atomic E-state index is 0.00991. The van der Waals surface area contributed by atoms with Crippen molar-refractivity contribution in [3.63, 3.8) is 0 Å². The molecule has 1 N–H and O–H groups in total. The first kappa shape index (κ1) is 18.2. The van der Waals surface area contributed by atoms with Crippen LogP contribution in [0.4, 0.5) is 4.39 Å². The zero-order chi connectivity index (χ0) is 17.0. The van der Waals surface area contributed by atoms with Crippen molar-refractivity contribution in [3.8, 4) is 0 Å². The molecule has 1 amide bonds. The second kappa shape index (κ2) is 7.59. The summed E-state index contributed by atoms with van der Waals surface area (Å²) >= 11 is 6.00. The molecular weight excluding hydrogens is 343 g/mol. The van der Waals surface area contributed by atoms with Crippen LogP contribution < -0.4 is 5.32 Å². The Balaban J connectivity index is 1.93. The van der Waals surface area contributed by atoms with E-state index in [4.69, 9.17) is 11.6 Å². The number of hydrogen-bond acceptors (Lipinski definition) is 4. The van der Waals surface area contributed by atoms with E-state index in [9.17, 15) is 17.6 Å². The van der Waals surface area contributed by atoms with E-state index >= 15 is 0 Å². The van der Waals surface area contributed by atoms with Crippen LogP contribution in [0.2, 0.25) is 5.02 Å². The maximum absolute atomic E-state index is 13.8. The Kier molecular flexibility index (Phi) is 6.00. The fourth-order valence-corrected chi connectivity index (χ4v) is 4.47. The molecule has 0 spiro atoms. The molecule has 1 saturated heterocycles. The van der Waals surface area contributed by atoms with E-state index in [-0.39, 0.29) is 36.5 Å². The highest BCUT2D eigenvalue weighted by Crippen LogP contribution is 2.20. The highest BCUT2D eigenvalue weighted by molar-refractivity contribution is 7.91. The lowest BCUT2D eigenvalue weighted by molar-refractivity contribution is -0.122. The molecule has 2 rings (SSSR count). The smallest absolute Gasteiger partial charge is 0.234 e. The molecule has 128 valence electrons. The van der Waals surface area contributed by atoms with Crippen LogP contribution in [0.3, 0.4) is 0 Å². The maximum Gasteiger partial charge on any atom is 0.234 e. The molecule has 0 radical (unpaired) electrons. The lowest BCUT2D eigenvalue weighted by Gasteiger charge is -2.22. The first-order valence-corrected chi connectivity index (χ1v) is 9.65. The number of likely N-dealkylation sites (N-methyl/N-ethyl adjacent to an activating group) is 1. The summed E-state index contributed by atoms with van der Waals surface area (Å²) in [5, 5.41) is 3.05. The lowest BCUT2D eigenvalue weighted by Crippen LogP contribution is -2.42. The Labute approximate surface area is 140 Å². The zero-order valence-corrected chi connectivity index (χ0v) is 14.5. The minimum Gasteiger partial charge on any atom is -0.351 e. The van der Waals surface area contributed by atoms with Crippen LogP contribution in [-0.2, 0) is 21.2 Å². The summed E-state index contributed by atoms with van der Waals surface area (Å²) in [6.07, 6.45) is 0.444. The molecule has 1 aliphatic heterocycles. The summed E-state index contributed by atoms with van der Waals surface area (Å²) in [7, 11) is -3.03. The number of halogens is 2. The van der Waals surface area contributed by atoms with Crippen molar-refractivity contribution in [3.05, 3.63) is 34.6 Å². The predicted molar refractivity (Wildman–Crippen MR) is 87.6 cm³/mol. The van der Waals surface area contributed by atoms with Crippen LogP contribution in [0.5, 0.6) is 0 Å². The predicted octanol–water partition coefficient (Wildman–Crippen LogP) is 1.60. The van der Waals surface area contributed by atoms with Gasteiger partial charge in [-0.2, -0.15) is 0 Å². The normalized spacial score (nSPS) is 19.9. The van der Waals surface area contributed by atoms with Gasteiger partial charge >= 0.3 is 0 Å². The number of carbonyl (C=O) groups is 1. The summed E-state index contributed by atoms with van der Waals surface area (Å²) in [5.41, 5.74) is 0.354. The quantitative estimate of drug-likeness (QED) is 0.834. The number of hydrogen-bond donors (Lipinski definition) is 1. The van der Waals surface area contributed by atoms with Crippen LogP contribution in [0.1, 0.15) is 18.9 Å². The van der Waals surface area contributed by atoms with Gasteiger partial charge in [-0.1, -0.05) is 24.6 Å². The van der Waals surface area contributed by atoms with Gasteiger partial charge < -0.3 is 5.32 Å². The average Bonchev–Trinajstić information content (AvgIpc) is 2.80. The molecule has 1 heterocycles. The number of amides is 1. The third-order valence-electron chi connectivity index (χ3n) is 3.86. The summed E-state index contributed by atoms with van der Waals surface area (Å²) in [6.45, 7) is 2.69. The first-order valence-electron chi connectivity index (χ1n) is 7.45. The molecule has 1 aromatic rings. The minimum atomic E-state index is -3.03. The summed E-state index contributed by atoms with van der Waals surface area (Å²) in [6, 6.07) is 4.14. The summed E-state index contributed by atoms with van der Waals surface area (Å²) < 4.78 is 36.6. The number of nitrogens with zero attached hydrogens (tertiary/aromatic N) is 1. The highest BCUT2D eigenvalue weighted by Gasteiger charge is 2.29. The standard InChI is InChI=1S/C15H20ClFN2O3S/c1-2-19(8-12-13(16)4-3-5-14(12)17)9-15(20)18-11-6-7-23(21,22)10-11/h3-5,11H,2,6-10H2,1H3,(H,18,20). The molecule has 0 aromatic heterocycles. The second-order valence-electron chi connectivity index (χ2n) is 5.67. The van der Waals surface area contributed by atoms with E-state index in [0.717, 1.165) is 0 Å². The van der Waals surface area contributed by atoms with E-state index in [1.165, 1.54) is 12.1 Å². The van der Waals surface area contributed by atoms with Gasteiger partial charge in [-0.15, -0.1) is 0 Å². The second-order valence-corrected chi connectivity index (χ2v) is 8.31. The van der Waals surface area contributed by atoms with Crippen molar-refractivity contribution >= 4 is 27.3 Å². The molecule has 8 heteroatoms. The number of nitrogens with one attached hydrogen (secondary N) is 1. The molecule has 23 heavy (non-hydrogen) atoms. The molecule has 1 aliphatic rings. The molecule has 1 fully saturated rings. The Morgan fingerprint density at radius 2 is 2.22 bits per heavy atom. The van der Waals surface area contributed by atoms with Crippen molar-refractivity contribution in [2.45, 2.75) is 25.9 Å².